The van der Waals surface area contributed by atoms with Crippen molar-refractivity contribution < 1.29 is 4.74 Å². The topological polar surface area (TPSA) is 38.5 Å². The molecule has 0 spiro atoms. The molecule has 2 N–H and O–H groups in total. The Morgan fingerprint density at radius 3 is 2.50 bits per heavy atom. The molecule has 2 rings (SSSR count). The zero-order chi connectivity index (χ0) is 9.97. The van der Waals surface area contributed by atoms with Gasteiger partial charge in [-0.05, 0) is 45.7 Å². The SMILES string of the molecule is CCOC1CC(N2CCC(N)CC2)C1. The van der Waals surface area contributed by atoms with Crippen LogP contribution in [0.1, 0.15) is 32.6 Å². The van der Waals surface area contributed by atoms with Crippen molar-refractivity contribution in [2.24, 2.45) is 5.73 Å². The molecule has 0 atom stereocenters. The maximum absolute atomic E-state index is 5.88. The van der Waals surface area contributed by atoms with Crippen molar-refractivity contribution in [2.45, 2.75) is 50.8 Å². The summed E-state index contributed by atoms with van der Waals surface area (Å²) in [6.45, 7) is 5.34. The Labute approximate surface area is 86.6 Å². The van der Waals surface area contributed by atoms with Gasteiger partial charge in [0.2, 0.25) is 0 Å². The molecule has 0 unspecified atom stereocenters. The van der Waals surface area contributed by atoms with Gasteiger partial charge in [-0.1, -0.05) is 0 Å². The summed E-state index contributed by atoms with van der Waals surface area (Å²) in [6, 6.07) is 1.24. The minimum absolute atomic E-state index is 0.453. The van der Waals surface area contributed by atoms with Crippen molar-refractivity contribution in [2.75, 3.05) is 19.7 Å². The van der Waals surface area contributed by atoms with Crippen LogP contribution in [-0.2, 0) is 4.74 Å². The van der Waals surface area contributed by atoms with Crippen LogP contribution in [0.5, 0.6) is 0 Å². The lowest BCUT2D eigenvalue weighted by molar-refractivity contribution is -0.0512. The first-order valence-corrected chi connectivity index (χ1v) is 5.90. The highest BCUT2D eigenvalue weighted by atomic mass is 16.5. The van der Waals surface area contributed by atoms with Gasteiger partial charge in [-0.3, -0.25) is 0 Å². The maximum Gasteiger partial charge on any atom is 0.0604 e. The Balaban J connectivity index is 1.67. The molecule has 1 heterocycles. The lowest BCUT2D eigenvalue weighted by atomic mass is 9.86. The second kappa shape index (κ2) is 4.60. The van der Waals surface area contributed by atoms with Gasteiger partial charge in [-0.25, -0.2) is 0 Å². The summed E-state index contributed by atoms with van der Waals surface area (Å²) >= 11 is 0. The third-order valence-corrected chi connectivity index (χ3v) is 3.56. The molecule has 14 heavy (non-hydrogen) atoms. The van der Waals surface area contributed by atoms with Crippen LogP contribution in [0, 0.1) is 0 Å². The van der Waals surface area contributed by atoms with Gasteiger partial charge in [0.25, 0.3) is 0 Å². The summed E-state index contributed by atoms with van der Waals surface area (Å²) in [4.78, 5) is 2.60. The fraction of sp³-hybridized carbons (Fsp3) is 1.00. The largest absolute Gasteiger partial charge is 0.378 e. The zero-order valence-corrected chi connectivity index (χ0v) is 9.11. The van der Waals surface area contributed by atoms with E-state index in [0.717, 1.165) is 12.6 Å². The quantitative estimate of drug-likeness (QED) is 0.734. The van der Waals surface area contributed by atoms with E-state index in [1.54, 1.807) is 0 Å². The first-order valence-electron chi connectivity index (χ1n) is 5.90. The monoisotopic (exact) mass is 198 g/mol. The Morgan fingerprint density at radius 2 is 1.93 bits per heavy atom. The molecule has 3 nitrogen and oxygen atoms in total. The summed E-state index contributed by atoms with van der Waals surface area (Å²) in [7, 11) is 0. The van der Waals surface area contributed by atoms with Gasteiger partial charge in [-0.15, -0.1) is 0 Å². The second-order valence-corrected chi connectivity index (χ2v) is 4.58. The van der Waals surface area contributed by atoms with E-state index >= 15 is 0 Å². The van der Waals surface area contributed by atoms with Crippen molar-refractivity contribution in [3.05, 3.63) is 0 Å². The Kier molecular flexibility index (Phi) is 3.42. The van der Waals surface area contributed by atoms with Crippen LogP contribution >= 0.6 is 0 Å². The summed E-state index contributed by atoms with van der Waals surface area (Å²) in [5, 5.41) is 0. The normalized spacial score (nSPS) is 35.6. The number of hydrogen-bond acceptors (Lipinski definition) is 3. The summed E-state index contributed by atoms with van der Waals surface area (Å²) in [5.41, 5.74) is 5.88. The Bertz CT molecular complexity index is 172. The zero-order valence-electron chi connectivity index (χ0n) is 9.11. The van der Waals surface area contributed by atoms with Crippen LogP contribution in [0.25, 0.3) is 0 Å². The number of nitrogens with two attached hydrogens (primary N) is 1. The molecule has 3 heteroatoms. The maximum atomic E-state index is 5.88. The van der Waals surface area contributed by atoms with E-state index in [9.17, 15) is 0 Å². The number of rotatable bonds is 3. The lowest BCUT2D eigenvalue weighted by Gasteiger charge is -2.45. The molecule has 0 aromatic carbocycles. The van der Waals surface area contributed by atoms with Crippen LogP contribution in [0.4, 0.5) is 0 Å². The Hall–Kier alpha value is -0.120. The van der Waals surface area contributed by atoms with Crippen molar-refractivity contribution in [1.29, 1.82) is 0 Å². The van der Waals surface area contributed by atoms with Crippen molar-refractivity contribution in [1.82, 2.24) is 4.90 Å². The molecule has 1 aliphatic carbocycles. The lowest BCUT2D eigenvalue weighted by Crippen LogP contribution is -2.52. The third-order valence-electron chi connectivity index (χ3n) is 3.56. The van der Waals surface area contributed by atoms with Gasteiger partial charge >= 0.3 is 0 Å². The minimum atomic E-state index is 0.453. The molecule has 2 aliphatic rings. The third kappa shape index (κ3) is 2.27. The first-order chi connectivity index (χ1) is 6.79. The predicted octanol–water partition coefficient (Wildman–Crippen LogP) is 0.977. The molecule has 1 saturated heterocycles. The average molecular weight is 198 g/mol. The number of piperidine rings is 1. The molecule has 1 aliphatic heterocycles. The molecule has 0 amide bonds. The van der Waals surface area contributed by atoms with Gasteiger partial charge in [-0.2, -0.15) is 0 Å². The molecule has 82 valence electrons. The van der Waals surface area contributed by atoms with Crippen LogP contribution < -0.4 is 5.73 Å². The molecule has 1 saturated carbocycles. The smallest absolute Gasteiger partial charge is 0.0604 e. The van der Waals surface area contributed by atoms with Gasteiger partial charge in [0, 0.05) is 18.7 Å². The van der Waals surface area contributed by atoms with Crippen LogP contribution in [0.3, 0.4) is 0 Å². The van der Waals surface area contributed by atoms with Crippen molar-refractivity contribution >= 4 is 0 Å². The number of likely N-dealkylation sites (tertiary alicyclic amines) is 1. The summed E-state index contributed by atoms with van der Waals surface area (Å²) < 4.78 is 5.57. The molecule has 2 fully saturated rings. The highest BCUT2D eigenvalue weighted by Gasteiger charge is 2.35. The standard InChI is InChI=1S/C11H22N2O/c1-2-14-11-7-10(8-11)13-5-3-9(12)4-6-13/h9-11H,2-8,12H2,1H3. The fourth-order valence-corrected chi connectivity index (χ4v) is 2.49. The van der Waals surface area contributed by atoms with Crippen LogP contribution in [-0.4, -0.2) is 42.8 Å². The van der Waals surface area contributed by atoms with Gasteiger partial charge < -0.3 is 15.4 Å². The predicted molar refractivity (Wildman–Crippen MR) is 57.2 cm³/mol. The molecule has 0 aromatic heterocycles. The molecular formula is C11H22N2O. The van der Waals surface area contributed by atoms with E-state index in [2.05, 4.69) is 11.8 Å². The van der Waals surface area contributed by atoms with E-state index in [4.69, 9.17) is 10.5 Å². The van der Waals surface area contributed by atoms with E-state index in [1.165, 1.54) is 38.8 Å². The second-order valence-electron chi connectivity index (χ2n) is 4.58. The highest BCUT2D eigenvalue weighted by Crippen LogP contribution is 2.29. The molecular weight excluding hydrogens is 176 g/mol. The van der Waals surface area contributed by atoms with Crippen LogP contribution in [0.2, 0.25) is 0 Å². The van der Waals surface area contributed by atoms with Crippen molar-refractivity contribution in [3.63, 3.8) is 0 Å². The van der Waals surface area contributed by atoms with Gasteiger partial charge in [0.05, 0.1) is 6.10 Å². The first kappa shape index (κ1) is 10.4. The van der Waals surface area contributed by atoms with Crippen molar-refractivity contribution in [3.8, 4) is 0 Å². The van der Waals surface area contributed by atoms with E-state index in [1.807, 2.05) is 0 Å². The number of nitrogens with zero attached hydrogens (tertiary/aromatic N) is 1. The van der Waals surface area contributed by atoms with Gasteiger partial charge in [0.15, 0.2) is 0 Å². The number of ether oxygens (including phenoxy) is 1. The Morgan fingerprint density at radius 1 is 1.29 bits per heavy atom. The molecule has 0 aromatic rings. The average Bonchev–Trinajstić information content (AvgIpc) is 2.13. The summed E-state index contributed by atoms with van der Waals surface area (Å²) in [5.74, 6) is 0. The van der Waals surface area contributed by atoms with Gasteiger partial charge in [0.1, 0.15) is 0 Å². The fourth-order valence-electron chi connectivity index (χ4n) is 2.49. The van der Waals surface area contributed by atoms with E-state index in [-0.39, 0.29) is 0 Å². The van der Waals surface area contributed by atoms with E-state index in [0.29, 0.717) is 12.1 Å². The minimum Gasteiger partial charge on any atom is -0.378 e. The molecule has 0 radical (unpaired) electrons. The number of hydrogen-bond donors (Lipinski definition) is 1. The van der Waals surface area contributed by atoms with E-state index < -0.39 is 0 Å². The van der Waals surface area contributed by atoms with Crippen LogP contribution in [0.15, 0.2) is 0 Å². The highest BCUT2D eigenvalue weighted by molar-refractivity contribution is 4.90. The molecule has 0 bridgehead atoms. The summed E-state index contributed by atoms with van der Waals surface area (Å²) in [6.07, 6.45) is 5.37.